The SMILES string of the molecule is CC(C)C.Oc1ccc2nc(S)sc2c1. The molecule has 82 valence electrons. The van der Waals surface area contributed by atoms with Crippen LogP contribution in [0.2, 0.25) is 0 Å². The number of thiol groups is 1. The topological polar surface area (TPSA) is 33.1 Å². The van der Waals surface area contributed by atoms with Crippen LogP contribution in [0.5, 0.6) is 5.75 Å². The zero-order valence-corrected chi connectivity index (χ0v) is 10.8. The molecule has 0 aliphatic carbocycles. The first-order valence-electron chi connectivity index (χ1n) is 4.77. The predicted molar refractivity (Wildman–Crippen MR) is 69.0 cm³/mol. The van der Waals surface area contributed by atoms with Crippen molar-refractivity contribution < 1.29 is 5.11 Å². The predicted octanol–water partition coefficient (Wildman–Crippen LogP) is 3.95. The Labute approximate surface area is 99.4 Å². The van der Waals surface area contributed by atoms with Gasteiger partial charge in [-0.05, 0) is 24.1 Å². The zero-order chi connectivity index (χ0) is 11.4. The molecule has 1 aromatic heterocycles. The highest BCUT2D eigenvalue weighted by Crippen LogP contribution is 2.27. The van der Waals surface area contributed by atoms with Gasteiger partial charge in [-0.3, -0.25) is 0 Å². The van der Waals surface area contributed by atoms with Crippen molar-refractivity contribution in [1.29, 1.82) is 0 Å². The molecule has 0 amide bonds. The number of thiazole rings is 1. The van der Waals surface area contributed by atoms with Gasteiger partial charge in [-0.1, -0.05) is 20.8 Å². The lowest BCUT2D eigenvalue weighted by Gasteiger charge is -1.87. The van der Waals surface area contributed by atoms with Crippen LogP contribution in [0.3, 0.4) is 0 Å². The third-order valence-corrected chi connectivity index (χ3v) is 2.56. The van der Waals surface area contributed by atoms with Crippen LogP contribution in [0.15, 0.2) is 22.5 Å². The van der Waals surface area contributed by atoms with Crippen LogP contribution in [0, 0.1) is 5.92 Å². The van der Waals surface area contributed by atoms with Gasteiger partial charge in [0.1, 0.15) is 10.1 Å². The molecule has 0 spiro atoms. The number of rotatable bonds is 0. The number of hydrogen-bond donors (Lipinski definition) is 2. The van der Waals surface area contributed by atoms with Gasteiger partial charge in [0.05, 0.1) is 10.2 Å². The standard InChI is InChI=1S/C7H5NOS2.C4H10/c9-4-1-2-5-6(3-4)11-7(10)8-5;1-4(2)3/h1-3,9H,(H,8,10);4H,1-3H3. The molecule has 0 atom stereocenters. The van der Waals surface area contributed by atoms with Gasteiger partial charge in [-0.15, -0.1) is 24.0 Å². The van der Waals surface area contributed by atoms with E-state index in [0.717, 1.165) is 20.5 Å². The number of phenols is 1. The maximum absolute atomic E-state index is 9.09. The third kappa shape index (κ3) is 4.10. The number of aromatic hydroxyl groups is 1. The molecule has 0 bridgehead atoms. The number of hydrogen-bond acceptors (Lipinski definition) is 4. The summed E-state index contributed by atoms with van der Waals surface area (Å²) in [5.74, 6) is 1.11. The lowest BCUT2D eigenvalue weighted by Crippen LogP contribution is -1.66. The Bertz CT molecular complexity index is 434. The highest BCUT2D eigenvalue weighted by molar-refractivity contribution is 7.82. The van der Waals surface area contributed by atoms with Gasteiger partial charge in [0, 0.05) is 0 Å². The van der Waals surface area contributed by atoms with Crippen LogP contribution in [-0.2, 0) is 0 Å². The minimum atomic E-state index is 0.273. The quantitative estimate of drug-likeness (QED) is 0.685. The molecule has 0 saturated carbocycles. The summed E-state index contributed by atoms with van der Waals surface area (Å²) in [5.41, 5.74) is 0.887. The summed E-state index contributed by atoms with van der Waals surface area (Å²) in [5, 5.41) is 9.09. The Hall–Kier alpha value is -0.740. The molecule has 1 N–H and O–H groups in total. The summed E-state index contributed by atoms with van der Waals surface area (Å²) in [6.07, 6.45) is 0. The van der Waals surface area contributed by atoms with E-state index in [0.29, 0.717) is 0 Å². The van der Waals surface area contributed by atoms with Gasteiger partial charge >= 0.3 is 0 Å². The first-order valence-corrected chi connectivity index (χ1v) is 6.04. The maximum Gasteiger partial charge on any atom is 0.148 e. The van der Waals surface area contributed by atoms with Crippen molar-refractivity contribution in [2.24, 2.45) is 5.92 Å². The number of phenolic OH excluding ortho intramolecular Hbond substituents is 1. The second kappa shape index (κ2) is 5.37. The normalized spacial score (nSPS) is 10.2. The van der Waals surface area contributed by atoms with E-state index in [1.807, 2.05) is 0 Å². The minimum absolute atomic E-state index is 0.273. The van der Waals surface area contributed by atoms with E-state index in [4.69, 9.17) is 5.11 Å². The molecular weight excluding hydrogens is 226 g/mol. The van der Waals surface area contributed by atoms with E-state index in [1.54, 1.807) is 18.2 Å². The molecule has 1 aromatic carbocycles. The molecule has 0 aliphatic rings. The van der Waals surface area contributed by atoms with Crippen LogP contribution >= 0.6 is 24.0 Å². The molecule has 0 aliphatic heterocycles. The summed E-state index contributed by atoms with van der Waals surface area (Å²) in [7, 11) is 0. The highest BCUT2D eigenvalue weighted by Gasteiger charge is 1.99. The molecule has 0 fully saturated rings. The summed E-state index contributed by atoms with van der Waals surface area (Å²) >= 11 is 5.56. The van der Waals surface area contributed by atoms with E-state index >= 15 is 0 Å². The molecule has 0 saturated heterocycles. The molecule has 2 rings (SSSR count). The van der Waals surface area contributed by atoms with E-state index in [-0.39, 0.29) is 5.75 Å². The number of aromatic nitrogens is 1. The van der Waals surface area contributed by atoms with Gasteiger partial charge in [0.2, 0.25) is 0 Å². The van der Waals surface area contributed by atoms with Crippen molar-refractivity contribution in [3.8, 4) is 5.75 Å². The Morgan fingerprint density at radius 1 is 1.33 bits per heavy atom. The monoisotopic (exact) mass is 241 g/mol. The lowest BCUT2D eigenvalue weighted by atomic mass is 10.3. The minimum Gasteiger partial charge on any atom is -0.508 e. The summed E-state index contributed by atoms with van der Waals surface area (Å²) in [6.45, 7) is 6.50. The summed E-state index contributed by atoms with van der Waals surface area (Å²) < 4.78 is 1.70. The van der Waals surface area contributed by atoms with Gasteiger partial charge in [-0.25, -0.2) is 4.98 Å². The van der Waals surface area contributed by atoms with Gasteiger partial charge < -0.3 is 5.11 Å². The lowest BCUT2D eigenvalue weighted by molar-refractivity contribution is 0.476. The zero-order valence-electron chi connectivity index (χ0n) is 9.06. The van der Waals surface area contributed by atoms with E-state index in [1.165, 1.54) is 11.3 Å². The molecule has 15 heavy (non-hydrogen) atoms. The van der Waals surface area contributed by atoms with Crippen molar-refractivity contribution in [2.45, 2.75) is 25.1 Å². The van der Waals surface area contributed by atoms with E-state index < -0.39 is 0 Å². The van der Waals surface area contributed by atoms with Crippen LogP contribution in [0.1, 0.15) is 20.8 Å². The number of fused-ring (bicyclic) bond motifs is 1. The average molecular weight is 241 g/mol. The molecular formula is C11H15NOS2. The van der Waals surface area contributed by atoms with Crippen LogP contribution < -0.4 is 0 Å². The maximum atomic E-state index is 9.09. The summed E-state index contributed by atoms with van der Waals surface area (Å²) in [4.78, 5) is 4.13. The van der Waals surface area contributed by atoms with Crippen LogP contribution in [0.4, 0.5) is 0 Å². The molecule has 2 nitrogen and oxygen atoms in total. The van der Waals surface area contributed by atoms with E-state index in [9.17, 15) is 0 Å². The fourth-order valence-electron chi connectivity index (χ4n) is 0.901. The molecule has 0 radical (unpaired) electrons. The largest absolute Gasteiger partial charge is 0.508 e. The average Bonchev–Trinajstić information content (AvgIpc) is 2.42. The summed E-state index contributed by atoms with van der Waals surface area (Å²) in [6, 6.07) is 5.09. The second-order valence-corrected chi connectivity index (χ2v) is 5.64. The van der Waals surface area contributed by atoms with Gasteiger partial charge in [0.25, 0.3) is 0 Å². The molecule has 2 aromatic rings. The third-order valence-electron chi connectivity index (χ3n) is 1.36. The number of benzene rings is 1. The molecule has 1 heterocycles. The van der Waals surface area contributed by atoms with Crippen LogP contribution in [-0.4, -0.2) is 10.1 Å². The van der Waals surface area contributed by atoms with Crippen LogP contribution in [0.25, 0.3) is 10.2 Å². The number of nitrogens with zero attached hydrogens (tertiary/aromatic N) is 1. The first kappa shape index (κ1) is 12.3. The smallest absolute Gasteiger partial charge is 0.148 e. The van der Waals surface area contributed by atoms with Crippen molar-refractivity contribution in [1.82, 2.24) is 4.98 Å². The van der Waals surface area contributed by atoms with Gasteiger partial charge in [-0.2, -0.15) is 0 Å². The van der Waals surface area contributed by atoms with E-state index in [2.05, 4.69) is 38.4 Å². The molecule has 0 unspecified atom stereocenters. The molecule has 4 heteroatoms. The van der Waals surface area contributed by atoms with Crippen molar-refractivity contribution in [2.75, 3.05) is 0 Å². The second-order valence-electron chi connectivity index (χ2n) is 3.88. The Balaban J connectivity index is 0.000000245. The van der Waals surface area contributed by atoms with Crippen molar-refractivity contribution in [3.63, 3.8) is 0 Å². The fourth-order valence-corrected chi connectivity index (χ4v) is 2.04. The Morgan fingerprint density at radius 3 is 2.53 bits per heavy atom. The first-order chi connectivity index (χ1) is 6.99. The fraction of sp³-hybridized carbons (Fsp3) is 0.364. The van der Waals surface area contributed by atoms with Crippen molar-refractivity contribution >= 4 is 34.2 Å². The Morgan fingerprint density at radius 2 is 1.93 bits per heavy atom. The van der Waals surface area contributed by atoms with Gasteiger partial charge in [0.15, 0.2) is 0 Å². The van der Waals surface area contributed by atoms with Crippen molar-refractivity contribution in [3.05, 3.63) is 18.2 Å². The highest BCUT2D eigenvalue weighted by atomic mass is 32.2. The Kier molecular flexibility index (Phi) is 4.42.